The minimum Gasteiger partial charge on any atom is -0.762 e. The van der Waals surface area contributed by atoms with E-state index in [1.54, 1.807) is 0 Å². The van der Waals surface area contributed by atoms with Crippen molar-refractivity contribution in [3.05, 3.63) is 35.7 Å². The molecule has 0 spiro atoms. The van der Waals surface area contributed by atoms with Crippen molar-refractivity contribution in [2.24, 2.45) is 0 Å². The fraction of sp³-hybridized carbons (Fsp3) is 0.857. The predicted octanol–water partition coefficient (Wildman–Crippen LogP) is 10.1. The number of unbranched alkanes of at least 4 members (excludes halogenated alkanes) is 21. The number of carbonyl (C=O) groups excluding carboxylic acids is 2. The van der Waals surface area contributed by atoms with Crippen molar-refractivity contribution in [2.45, 2.75) is 180 Å². The topological polar surface area (TPSA) is 142 Å². The molecule has 0 aromatic rings. The van der Waals surface area contributed by atoms with Gasteiger partial charge in [0.25, 0.3) is 0 Å². The third-order valence-corrected chi connectivity index (χ3v) is 9.01. The lowest BCUT2D eigenvalue weighted by atomic mass is 10.1. The summed E-state index contributed by atoms with van der Waals surface area (Å²) in [6.45, 7) is 12.8. The summed E-state index contributed by atoms with van der Waals surface area (Å²) in [7, 11) is 0. The third-order valence-electron chi connectivity index (χ3n) is 9.01. The van der Waals surface area contributed by atoms with Crippen LogP contribution in [0.1, 0.15) is 168 Å². The Hall–Kier alpha value is -1.90. The van der Waals surface area contributed by atoms with Crippen molar-refractivity contribution in [1.29, 1.82) is 0 Å². The number of hydroxylamine groups is 4. The van der Waals surface area contributed by atoms with Crippen molar-refractivity contribution in [3.63, 3.8) is 0 Å². The molecule has 0 rings (SSSR count). The largest absolute Gasteiger partial charge is 0.762 e. The molecule has 54 heavy (non-hydrogen) atoms. The van der Waals surface area contributed by atoms with Crippen molar-refractivity contribution < 1.29 is 38.2 Å². The molecule has 12 nitrogen and oxygen atoms in total. The summed E-state index contributed by atoms with van der Waals surface area (Å²) >= 11 is 0. The Balaban J connectivity index is 4.20. The molecule has 0 radical (unpaired) electrons. The average Bonchev–Trinajstić information content (AvgIpc) is 3.17. The maximum absolute atomic E-state index is 12.4. The van der Waals surface area contributed by atoms with Gasteiger partial charge in [-0.15, -0.1) is 0 Å². The fourth-order valence-electron chi connectivity index (χ4n) is 5.77. The highest BCUT2D eigenvalue weighted by Gasteiger charge is 2.15. The first kappa shape index (κ1) is 52.1. The van der Waals surface area contributed by atoms with Crippen LogP contribution in [-0.4, -0.2) is 87.3 Å². The van der Waals surface area contributed by atoms with Crippen molar-refractivity contribution in [3.8, 4) is 0 Å². The number of esters is 2. The van der Waals surface area contributed by atoms with Gasteiger partial charge in [-0.2, -0.15) is 0 Å². The normalized spacial score (nSPS) is 12.6. The van der Waals surface area contributed by atoms with Gasteiger partial charge in [0.2, 0.25) is 0 Å². The smallest absolute Gasteiger partial charge is 0.330 e. The van der Waals surface area contributed by atoms with Crippen LogP contribution in [0.3, 0.4) is 0 Å². The number of hydrogen-bond acceptors (Lipinski definition) is 12. The van der Waals surface area contributed by atoms with Gasteiger partial charge in [0.1, 0.15) is 25.4 Å². The second kappa shape index (κ2) is 40.8. The second-order valence-corrected chi connectivity index (χ2v) is 14.2. The van der Waals surface area contributed by atoms with Crippen LogP contribution in [0.4, 0.5) is 0 Å². The molecule has 0 saturated heterocycles. The molecule has 0 amide bonds. The maximum Gasteiger partial charge on any atom is 0.330 e. The molecule has 0 aliphatic rings. The quantitative estimate of drug-likeness (QED) is 0.0252. The van der Waals surface area contributed by atoms with Gasteiger partial charge in [-0.25, -0.2) is 9.59 Å². The summed E-state index contributed by atoms with van der Waals surface area (Å²) in [5, 5.41) is 25.9. The lowest BCUT2D eigenvalue weighted by Gasteiger charge is -2.31. The zero-order chi connectivity index (χ0) is 39.7. The van der Waals surface area contributed by atoms with Crippen molar-refractivity contribution in [2.75, 3.05) is 52.7 Å². The fourth-order valence-corrected chi connectivity index (χ4v) is 5.77. The van der Waals surface area contributed by atoms with E-state index in [-0.39, 0.29) is 39.5 Å². The molecule has 0 aromatic heterocycles. The van der Waals surface area contributed by atoms with Gasteiger partial charge in [-0.1, -0.05) is 155 Å². The summed E-state index contributed by atoms with van der Waals surface area (Å²) in [5.74, 6) is -1.16. The molecular formula is C42H78N2O10-2. The summed E-state index contributed by atoms with van der Waals surface area (Å²) in [4.78, 5) is 34.1. The molecule has 0 aliphatic heterocycles. The van der Waals surface area contributed by atoms with E-state index >= 15 is 0 Å². The Labute approximate surface area is 328 Å². The Bertz CT molecular complexity index is 797. The van der Waals surface area contributed by atoms with Crippen LogP contribution in [0.25, 0.3) is 0 Å². The molecular weight excluding hydrogens is 692 g/mol. The van der Waals surface area contributed by atoms with Gasteiger partial charge in [0.05, 0.1) is 13.2 Å². The van der Waals surface area contributed by atoms with Crippen LogP contribution < -0.4 is 0 Å². The van der Waals surface area contributed by atoms with Gasteiger partial charge in [0.15, 0.2) is 0 Å². The van der Waals surface area contributed by atoms with Crippen LogP contribution in [0.2, 0.25) is 0 Å². The highest BCUT2D eigenvalue weighted by molar-refractivity contribution is 5.81. The SMILES string of the molecule is C=CC(=O)OCC(COCCCCCCOCC(COC(=O)C=C)ON([O-])CCCCCCCCCCCC)ON([O-])CCCCCCCCCCCC. The van der Waals surface area contributed by atoms with E-state index in [1.807, 2.05) is 0 Å². The third kappa shape index (κ3) is 37.0. The number of ether oxygens (including phenoxy) is 4. The first-order valence-electron chi connectivity index (χ1n) is 21.3. The second-order valence-electron chi connectivity index (χ2n) is 14.2. The first-order valence-corrected chi connectivity index (χ1v) is 21.3. The molecule has 0 fully saturated rings. The van der Waals surface area contributed by atoms with Crippen LogP contribution in [0, 0.1) is 10.4 Å². The molecule has 0 saturated carbocycles. The molecule has 0 aromatic carbocycles. The summed E-state index contributed by atoms with van der Waals surface area (Å²) in [5.41, 5.74) is 0. The minimum atomic E-state index is -0.705. The van der Waals surface area contributed by atoms with Gasteiger partial charge >= 0.3 is 11.9 Å². The molecule has 0 N–H and O–H groups in total. The number of carbonyl (C=O) groups is 2. The molecule has 12 heteroatoms. The van der Waals surface area contributed by atoms with E-state index in [2.05, 4.69) is 27.0 Å². The summed E-state index contributed by atoms with van der Waals surface area (Å²) in [6, 6.07) is 0. The van der Waals surface area contributed by atoms with Gasteiger partial charge in [0, 0.05) is 38.5 Å². The highest BCUT2D eigenvalue weighted by atomic mass is 16.9. The maximum atomic E-state index is 12.4. The number of nitrogens with zero attached hydrogens (tertiary/aromatic N) is 2. The standard InChI is InChI=1S/C42H78N2O10/c1-5-9-11-13-15-17-19-21-23-27-31-43(47)53-39(37-51-41(45)7-3)35-49-33-29-25-26-30-34-50-36-40(38-52-42(46)8-4)54-44(48)32-28-24-22-20-18-16-14-12-10-6-2/h7-8,39-40H,3-6,9-38H2,1-2H3/q-2. The van der Waals surface area contributed by atoms with Gasteiger partial charge in [-0.3, -0.25) is 10.5 Å². The monoisotopic (exact) mass is 771 g/mol. The number of hydrogen-bond donors (Lipinski definition) is 0. The summed E-state index contributed by atoms with van der Waals surface area (Å²) < 4.78 is 21.7. The Morgan fingerprint density at radius 1 is 0.481 bits per heavy atom. The van der Waals surface area contributed by atoms with Crippen LogP contribution in [0.5, 0.6) is 0 Å². The lowest BCUT2D eigenvalue weighted by molar-refractivity contribution is -0.198. The van der Waals surface area contributed by atoms with E-state index in [4.69, 9.17) is 28.6 Å². The van der Waals surface area contributed by atoms with Crippen molar-refractivity contribution >= 4 is 11.9 Å². The molecule has 0 bridgehead atoms. The molecule has 0 heterocycles. The molecule has 0 aliphatic carbocycles. The van der Waals surface area contributed by atoms with Gasteiger partial charge in [-0.05, 0) is 25.7 Å². The van der Waals surface area contributed by atoms with E-state index < -0.39 is 24.1 Å². The number of rotatable bonds is 43. The first-order chi connectivity index (χ1) is 26.4. The van der Waals surface area contributed by atoms with Crippen LogP contribution >= 0.6 is 0 Å². The average molecular weight is 771 g/mol. The Morgan fingerprint density at radius 2 is 0.778 bits per heavy atom. The van der Waals surface area contributed by atoms with E-state index in [0.29, 0.717) is 23.7 Å². The minimum absolute atomic E-state index is 0.0973. The van der Waals surface area contributed by atoms with E-state index in [9.17, 15) is 20.0 Å². The highest BCUT2D eigenvalue weighted by Crippen LogP contribution is 2.13. The van der Waals surface area contributed by atoms with Crippen molar-refractivity contribution in [1.82, 2.24) is 10.5 Å². The summed E-state index contributed by atoms with van der Waals surface area (Å²) in [6.07, 6.45) is 27.7. The van der Waals surface area contributed by atoms with Gasteiger partial charge < -0.3 is 39.0 Å². The predicted molar refractivity (Wildman–Crippen MR) is 216 cm³/mol. The lowest BCUT2D eigenvalue weighted by Crippen LogP contribution is -2.34. The zero-order valence-corrected chi connectivity index (χ0v) is 34.3. The zero-order valence-electron chi connectivity index (χ0n) is 34.3. The van der Waals surface area contributed by atoms with E-state index in [0.717, 1.165) is 76.4 Å². The molecule has 2 unspecified atom stereocenters. The van der Waals surface area contributed by atoms with Crippen LogP contribution in [0.15, 0.2) is 25.3 Å². The molecule has 318 valence electrons. The van der Waals surface area contributed by atoms with Crippen LogP contribution in [-0.2, 0) is 38.2 Å². The van der Waals surface area contributed by atoms with E-state index in [1.165, 1.54) is 89.9 Å². The Kier molecular flexibility index (Phi) is 39.3. The Morgan fingerprint density at radius 3 is 1.09 bits per heavy atom. The molecule has 2 atom stereocenters.